The molecule has 1 saturated carbocycles. The fourth-order valence-corrected chi connectivity index (χ4v) is 1.58. The summed E-state index contributed by atoms with van der Waals surface area (Å²) >= 11 is 0. The summed E-state index contributed by atoms with van der Waals surface area (Å²) in [6, 6.07) is 0. The lowest BCUT2D eigenvalue weighted by Gasteiger charge is -2.18. The number of rotatable bonds is 3. The maximum absolute atomic E-state index is 10.8. The molecule has 0 heterocycles. The van der Waals surface area contributed by atoms with Crippen molar-refractivity contribution in [3.63, 3.8) is 0 Å². The van der Waals surface area contributed by atoms with Gasteiger partial charge in [-0.2, -0.15) is 0 Å². The normalized spacial score (nSPS) is 19.5. The van der Waals surface area contributed by atoms with Gasteiger partial charge >= 0.3 is 0 Å². The van der Waals surface area contributed by atoms with Crippen LogP contribution < -0.4 is 0 Å². The van der Waals surface area contributed by atoms with E-state index in [9.17, 15) is 14.9 Å². The second-order valence-electron chi connectivity index (χ2n) is 3.33. The number of carbonyl (C=O) groups is 1. The van der Waals surface area contributed by atoms with Crippen LogP contribution in [-0.2, 0) is 4.79 Å². The first kappa shape index (κ1) is 9.16. The van der Waals surface area contributed by atoms with Gasteiger partial charge in [0, 0.05) is 24.2 Å². The summed E-state index contributed by atoms with van der Waals surface area (Å²) in [6.45, 7) is 0.0544. The fraction of sp³-hybridized carbons (Fsp3) is 0.875. The van der Waals surface area contributed by atoms with Crippen LogP contribution in [0.15, 0.2) is 0 Å². The van der Waals surface area contributed by atoms with Crippen LogP contribution in [0.1, 0.15) is 32.1 Å². The molecule has 0 spiro atoms. The van der Waals surface area contributed by atoms with E-state index in [0.29, 0.717) is 31.0 Å². The molecule has 0 aromatic rings. The lowest BCUT2D eigenvalue weighted by Crippen LogP contribution is -2.16. The molecular formula is C8H13NO3. The Morgan fingerprint density at radius 3 is 2.50 bits per heavy atom. The van der Waals surface area contributed by atoms with Crippen LogP contribution in [0.5, 0.6) is 0 Å². The first-order valence-electron chi connectivity index (χ1n) is 4.32. The molecule has 1 aliphatic carbocycles. The van der Waals surface area contributed by atoms with Crippen molar-refractivity contribution in [3.8, 4) is 0 Å². The van der Waals surface area contributed by atoms with Gasteiger partial charge in [0.15, 0.2) is 0 Å². The fourth-order valence-electron chi connectivity index (χ4n) is 1.58. The highest BCUT2D eigenvalue weighted by molar-refractivity contribution is 5.78. The minimum absolute atomic E-state index is 0.0544. The van der Waals surface area contributed by atoms with Gasteiger partial charge in [-0.05, 0) is 18.8 Å². The Balaban J connectivity index is 2.17. The maximum Gasteiger partial charge on any atom is 0.204 e. The van der Waals surface area contributed by atoms with E-state index in [4.69, 9.17) is 0 Å². The van der Waals surface area contributed by atoms with Gasteiger partial charge in [0.05, 0.1) is 0 Å². The predicted molar refractivity (Wildman–Crippen MR) is 43.4 cm³/mol. The van der Waals surface area contributed by atoms with Gasteiger partial charge in [-0.15, -0.1) is 0 Å². The van der Waals surface area contributed by atoms with Crippen molar-refractivity contribution in [2.24, 2.45) is 5.92 Å². The molecule has 1 rings (SSSR count). The largest absolute Gasteiger partial charge is 0.300 e. The summed E-state index contributed by atoms with van der Waals surface area (Å²) in [5.41, 5.74) is 0. The Kier molecular flexibility index (Phi) is 3.19. The average molecular weight is 171 g/mol. The lowest BCUT2D eigenvalue weighted by molar-refractivity contribution is -0.481. The number of nitro groups is 1. The Bertz CT molecular complexity index is 181. The van der Waals surface area contributed by atoms with E-state index in [1.54, 1.807) is 0 Å². The number of Topliss-reactive ketones (excluding diaryl/α,β-unsaturated/α-hetero) is 1. The van der Waals surface area contributed by atoms with Crippen molar-refractivity contribution in [2.75, 3.05) is 6.54 Å². The van der Waals surface area contributed by atoms with E-state index in [1.165, 1.54) is 0 Å². The van der Waals surface area contributed by atoms with Crippen molar-refractivity contribution in [1.82, 2.24) is 0 Å². The number of hydrogen-bond acceptors (Lipinski definition) is 3. The quantitative estimate of drug-likeness (QED) is 0.476. The summed E-state index contributed by atoms with van der Waals surface area (Å²) in [5, 5.41) is 10.0. The van der Waals surface area contributed by atoms with Crippen LogP contribution in [-0.4, -0.2) is 17.3 Å². The van der Waals surface area contributed by atoms with Crippen LogP contribution in [0.25, 0.3) is 0 Å². The molecule has 0 radical (unpaired) electrons. The van der Waals surface area contributed by atoms with Crippen molar-refractivity contribution in [1.29, 1.82) is 0 Å². The average Bonchev–Trinajstić information content (AvgIpc) is 2.03. The van der Waals surface area contributed by atoms with E-state index in [1.807, 2.05) is 0 Å². The number of ketones is 1. The highest BCUT2D eigenvalue weighted by atomic mass is 16.6. The van der Waals surface area contributed by atoms with E-state index < -0.39 is 0 Å². The zero-order valence-electron chi connectivity index (χ0n) is 6.99. The molecule has 0 atom stereocenters. The molecule has 0 aliphatic heterocycles. The monoisotopic (exact) mass is 171 g/mol. The third-order valence-electron chi connectivity index (χ3n) is 2.38. The Labute approximate surface area is 71.1 Å². The molecular weight excluding hydrogens is 158 g/mol. The van der Waals surface area contributed by atoms with Crippen LogP contribution in [0.3, 0.4) is 0 Å². The van der Waals surface area contributed by atoms with Gasteiger partial charge in [-0.1, -0.05) is 0 Å². The SMILES string of the molecule is O=C1CCC(CC[N+](=O)[O-])CC1. The first-order valence-corrected chi connectivity index (χ1v) is 4.32. The summed E-state index contributed by atoms with van der Waals surface area (Å²) < 4.78 is 0. The number of hydrogen-bond donors (Lipinski definition) is 0. The summed E-state index contributed by atoms with van der Waals surface area (Å²) in [4.78, 5) is 20.6. The second kappa shape index (κ2) is 4.18. The Morgan fingerprint density at radius 1 is 1.42 bits per heavy atom. The van der Waals surface area contributed by atoms with Gasteiger partial charge < -0.3 is 0 Å². The van der Waals surface area contributed by atoms with Gasteiger partial charge in [0.2, 0.25) is 6.54 Å². The lowest BCUT2D eigenvalue weighted by atomic mass is 9.86. The molecule has 0 aromatic carbocycles. The summed E-state index contributed by atoms with van der Waals surface area (Å²) in [7, 11) is 0. The molecule has 68 valence electrons. The van der Waals surface area contributed by atoms with Crippen molar-refractivity contribution in [3.05, 3.63) is 10.1 Å². The van der Waals surface area contributed by atoms with Crippen molar-refractivity contribution >= 4 is 5.78 Å². The Hall–Kier alpha value is -0.930. The predicted octanol–water partition coefficient (Wildman–Crippen LogP) is 1.41. The van der Waals surface area contributed by atoms with Crippen molar-refractivity contribution in [2.45, 2.75) is 32.1 Å². The number of carbonyl (C=O) groups excluding carboxylic acids is 1. The highest BCUT2D eigenvalue weighted by Crippen LogP contribution is 2.23. The number of nitrogens with zero attached hydrogens (tertiary/aromatic N) is 1. The van der Waals surface area contributed by atoms with E-state index >= 15 is 0 Å². The highest BCUT2D eigenvalue weighted by Gasteiger charge is 2.19. The molecule has 0 bridgehead atoms. The first-order chi connectivity index (χ1) is 5.68. The molecule has 1 fully saturated rings. The molecule has 4 heteroatoms. The van der Waals surface area contributed by atoms with Crippen LogP contribution >= 0.6 is 0 Å². The standard InChI is InChI=1S/C8H13NO3/c10-8-3-1-7(2-4-8)5-6-9(11)12/h7H,1-6H2. The van der Waals surface area contributed by atoms with E-state index in [2.05, 4.69) is 0 Å². The van der Waals surface area contributed by atoms with Crippen molar-refractivity contribution < 1.29 is 9.72 Å². The molecule has 0 aromatic heterocycles. The third-order valence-corrected chi connectivity index (χ3v) is 2.38. The topological polar surface area (TPSA) is 60.2 Å². The van der Waals surface area contributed by atoms with Crippen LogP contribution in [0.2, 0.25) is 0 Å². The second-order valence-corrected chi connectivity index (χ2v) is 3.33. The van der Waals surface area contributed by atoms with Crippen LogP contribution in [0.4, 0.5) is 0 Å². The Morgan fingerprint density at radius 2 is 2.00 bits per heavy atom. The van der Waals surface area contributed by atoms with Gasteiger partial charge in [-0.3, -0.25) is 14.9 Å². The minimum atomic E-state index is -0.281. The molecule has 0 N–H and O–H groups in total. The minimum Gasteiger partial charge on any atom is -0.300 e. The zero-order chi connectivity index (χ0) is 8.97. The molecule has 1 aliphatic rings. The van der Waals surface area contributed by atoms with Gasteiger partial charge in [0.1, 0.15) is 5.78 Å². The molecule has 0 saturated heterocycles. The molecule has 0 unspecified atom stereocenters. The maximum atomic E-state index is 10.8. The molecule has 12 heavy (non-hydrogen) atoms. The smallest absolute Gasteiger partial charge is 0.204 e. The van der Waals surface area contributed by atoms with E-state index in [0.717, 1.165) is 12.8 Å². The summed E-state index contributed by atoms with van der Waals surface area (Å²) in [5.74, 6) is 0.723. The molecule has 4 nitrogen and oxygen atoms in total. The van der Waals surface area contributed by atoms with Crippen LogP contribution in [0, 0.1) is 16.0 Å². The summed E-state index contributed by atoms with van der Waals surface area (Å²) in [6.07, 6.45) is 3.60. The third kappa shape index (κ3) is 2.98. The zero-order valence-corrected chi connectivity index (χ0v) is 6.99. The van der Waals surface area contributed by atoms with E-state index in [-0.39, 0.29) is 11.5 Å². The van der Waals surface area contributed by atoms with Gasteiger partial charge in [-0.25, -0.2) is 0 Å². The van der Waals surface area contributed by atoms with Gasteiger partial charge in [0.25, 0.3) is 0 Å². The molecule has 0 amide bonds.